The summed E-state index contributed by atoms with van der Waals surface area (Å²) < 4.78 is 5.16. The van der Waals surface area contributed by atoms with E-state index in [-0.39, 0.29) is 24.7 Å². The number of nitrogens with zero attached hydrogens (tertiary/aromatic N) is 2. The smallest absolute Gasteiger partial charge is 0.307 e. The number of benzene rings is 1. The number of esters is 1. The summed E-state index contributed by atoms with van der Waals surface area (Å²) >= 11 is 0. The Hall–Kier alpha value is -2.90. The normalized spacial score (nSPS) is 15.0. The molecule has 0 unspecified atom stereocenters. The SMILES string of the molecule is CC(=O)N1CCN(C(=O)CCC(=O)O[C@@H](C)C(=O)Nc2ccc(C(C)C)cc2)CC1. The van der Waals surface area contributed by atoms with Crippen LogP contribution < -0.4 is 5.32 Å². The van der Waals surface area contributed by atoms with Crippen LogP contribution in [0.2, 0.25) is 0 Å². The van der Waals surface area contributed by atoms with Crippen LogP contribution in [-0.2, 0) is 23.9 Å². The van der Waals surface area contributed by atoms with E-state index in [1.807, 2.05) is 24.3 Å². The quantitative estimate of drug-likeness (QED) is 0.686. The van der Waals surface area contributed by atoms with Crippen molar-refractivity contribution in [2.24, 2.45) is 0 Å². The molecular weight excluding hydrogens is 386 g/mol. The number of ether oxygens (including phenoxy) is 1. The maximum absolute atomic E-state index is 12.3. The van der Waals surface area contributed by atoms with E-state index in [4.69, 9.17) is 4.74 Å². The van der Waals surface area contributed by atoms with Crippen LogP contribution in [0.3, 0.4) is 0 Å². The van der Waals surface area contributed by atoms with E-state index in [9.17, 15) is 19.2 Å². The summed E-state index contributed by atoms with van der Waals surface area (Å²) in [6, 6.07) is 7.51. The van der Waals surface area contributed by atoms with Gasteiger partial charge in [0.25, 0.3) is 5.91 Å². The fourth-order valence-electron chi connectivity index (χ4n) is 3.14. The lowest BCUT2D eigenvalue weighted by Crippen LogP contribution is -2.50. The van der Waals surface area contributed by atoms with Crippen molar-refractivity contribution in [2.45, 2.75) is 52.6 Å². The van der Waals surface area contributed by atoms with Crippen LogP contribution in [0.4, 0.5) is 5.69 Å². The van der Waals surface area contributed by atoms with Gasteiger partial charge in [0.15, 0.2) is 6.10 Å². The van der Waals surface area contributed by atoms with Crippen LogP contribution in [0.1, 0.15) is 52.0 Å². The highest BCUT2D eigenvalue weighted by atomic mass is 16.5. The van der Waals surface area contributed by atoms with Gasteiger partial charge in [-0.1, -0.05) is 26.0 Å². The molecule has 1 aromatic rings. The Morgan fingerprint density at radius 2 is 1.50 bits per heavy atom. The van der Waals surface area contributed by atoms with Gasteiger partial charge in [0, 0.05) is 45.2 Å². The molecule has 0 spiro atoms. The monoisotopic (exact) mass is 417 g/mol. The fraction of sp³-hybridized carbons (Fsp3) is 0.545. The first-order valence-electron chi connectivity index (χ1n) is 10.3. The molecule has 2 rings (SSSR count). The van der Waals surface area contributed by atoms with Crippen molar-refractivity contribution in [1.82, 2.24) is 9.80 Å². The second-order valence-corrected chi connectivity index (χ2v) is 7.78. The molecule has 1 saturated heterocycles. The van der Waals surface area contributed by atoms with Gasteiger partial charge in [0.1, 0.15) is 0 Å². The van der Waals surface area contributed by atoms with Crippen LogP contribution in [-0.4, -0.2) is 65.8 Å². The highest BCUT2D eigenvalue weighted by Gasteiger charge is 2.24. The van der Waals surface area contributed by atoms with Gasteiger partial charge in [-0.15, -0.1) is 0 Å². The number of piperazine rings is 1. The average molecular weight is 418 g/mol. The molecule has 164 valence electrons. The first kappa shape index (κ1) is 23.4. The maximum atomic E-state index is 12.3. The van der Waals surface area contributed by atoms with Gasteiger partial charge in [0.2, 0.25) is 11.8 Å². The molecule has 3 amide bonds. The molecule has 0 aliphatic carbocycles. The molecule has 1 aliphatic heterocycles. The Morgan fingerprint density at radius 1 is 0.933 bits per heavy atom. The number of hydrogen-bond acceptors (Lipinski definition) is 5. The maximum Gasteiger partial charge on any atom is 0.307 e. The molecule has 1 N–H and O–H groups in total. The highest BCUT2D eigenvalue weighted by Crippen LogP contribution is 2.17. The van der Waals surface area contributed by atoms with Gasteiger partial charge in [-0.05, 0) is 30.5 Å². The summed E-state index contributed by atoms with van der Waals surface area (Å²) in [5.41, 5.74) is 1.80. The van der Waals surface area contributed by atoms with E-state index in [0.29, 0.717) is 37.8 Å². The van der Waals surface area contributed by atoms with Crippen molar-refractivity contribution in [2.75, 3.05) is 31.5 Å². The van der Waals surface area contributed by atoms with Crippen molar-refractivity contribution in [1.29, 1.82) is 0 Å². The molecule has 0 saturated carbocycles. The molecule has 1 atom stereocenters. The topological polar surface area (TPSA) is 96.0 Å². The van der Waals surface area contributed by atoms with E-state index in [1.54, 1.807) is 9.80 Å². The second kappa shape index (κ2) is 10.8. The van der Waals surface area contributed by atoms with E-state index < -0.39 is 18.0 Å². The van der Waals surface area contributed by atoms with Crippen molar-refractivity contribution in [3.8, 4) is 0 Å². The highest BCUT2D eigenvalue weighted by molar-refractivity contribution is 5.95. The third kappa shape index (κ3) is 6.86. The van der Waals surface area contributed by atoms with E-state index >= 15 is 0 Å². The lowest BCUT2D eigenvalue weighted by atomic mass is 10.0. The number of amides is 3. The van der Waals surface area contributed by atoms with Crippen LogP contribution in [0.25, 0.3) is 0 Å². The standard InChI is InChI=1S/C22H31N3O5/c1-15(2)18-5-7-19(8-6-18)23-22(29)16(3)30-21(28)10-9-20(27)25-13-11-24(12-14-25)17(4)26/h5-8,15-16H,9-14H2,1-4H3,(H,23,29)/t16-/m0/s1. The molecule has 1 fully saturated rings. The van der Waals surface area contributed by atoms with Crippen LogP contribution in [0.5, 0.6) is 0 Å². The third-order valence-electron chi connectivity index (χ3n) is 5.14. The molecule has 0 aromatic heterocycles. The summed E-state index contributed by atoms with van der Waals surface area (Å²) in [6.45, 7) is 9.10. The predicted octanol–water partition coefficient (Wildman–Crippen LogP) is 2.15. The van der Waals surface area contributed by atoms with Gasteiger partial charge in [-0.2, -0.15) is 0 Å². The Kier molecular flexibility index (Phi) is 8.38. The molecule has 0 bridgehead atoms. The lowest BCUT2D eigenvalue weighted by molar-refractivity contribution is -0.154. The summed E-state index contributed by atoms with van der Waals surface area (Å²) in [6.07, 6.45) is -1.03. The first-order valence-corrected chi connectivity index (χ1v) is 10.3. The zero-order chi connectivity index (χ0) is 22.3. The van der Waals surface area contributed by atoms with Gasteiger partial charge in [0.05, 0.1) is 6.42 Å². The lowest BCUT2D eigenvalue weighted by Gasteiger charge is -2.34. The molecule has 1 aliphatic rings. The molecule has 8 nitrogen and oxygen atoms in total. The average Bonchev–Trinajstić information content (AvgIpc) is 2.72. The molecule has 1 aromatic carbocycles. The summed E-state index contributed by atoms with van der Waals surface area (Å²) in [7, 11) is 0. The van der Waals surface area contributed by atoms with E-state index in [1.165, 1.54) is 19.4 Å². The van der Waals surface area contributed by atoms with Gasteiger partial charge >= 0.3 is 5.97 Å². The zero-order valence-corrected chi connectivity index (χ0v) is 18.1. The largest absolute Gasteiger partial charge is 0.453 e. The van der Waals surface area contributed by atoms with Crippen molar-refractivity contribution < 1.29 is 23.9 Å². The fourth-order valence-corrected chi connectivity index (χ4v) is 3.14. The number of carbonyl (C=O) groups excluding carboxylic acids is 4. The van der Waals surface area contributed by atoms with Crippen molar-refractivity contribution in [3.05, 3.63) is 29.8 Å². The summed E-state index contributed by atoms with van der Waals surface area (Å²) in [5.74, 6) is -0.780. The van der Waals surface area contributed by atoms with Crippen molar-refractivity contribution >= 4 is 29.4 Å². The van der Waals surface area contributed by atoms with E-state index in [0.717, 1.165) is 0 Å². The molecule has 30 heavy (non-hydrogen) atoms. The Bertz CT molecular complexity index is 767. The Morgan fingerprint density at radius 3 is 2.03 bits per heavy atom. The minimum atomic E-state index is -0.962. The number of hydrogen-bond donors (Lipinski definition) is 1. The summed E-state index contributed by atoms with van der Waals surface area (Å²) in [5, 5.41) is 2.72. The number of anilines is 1. The van der Waals surface area contributed by atoms with Crippen molar-refractivity contribution in [3.63, 3.8) is 0 Å². The predicted molar refractivity (Wildman–Crippen MR) is 113 cm³/mol. The van der Waals surface area contributed by atoms with E-state index in [2.05, 4.69) is 19.2 Å². The van der Waals surface area contributed by atoms with Crippen LogP contribution >= 0.6 is 0 Å². The number of rotatable bonds is 7. The van der Waals surface area contributed by atoms with Gasteiger partial charge in [-0.25, -0.2) is 0 Å². The third-order valence-corrected chi connectivity index (χ3v) is 5.14. The van der Waals surface area contributed by atoms with Crippen LogP contribution in [0, 0.1) is 0 Å². The van der Waals surface area contributed by atoms with Gasteiger partial charge < -0.3 is 19.9 Å². The Balaban J connectivity index is 1.72. The molecule has 1 heterocycles. The molecule has 0 radical (unpaired) electrons. The summed E-state index contributed by atoms with van der Waals surface area (Å²) in [4.78, 5) is 51.2. The first-order chi connectivity index (χ1) is 14.2. The van der Waals surface area contributed by atoms with Crippen LogP contribution in [0.15, 0.2) is 24.3 Å². The molecular formula is C22H31N3O5. The molecule has 8 heteroatoms. The Labute approximate surface area is 177 Å². The number of nitrogens with one attached hydrogen (secondary N) is 1. The second-order valence-electron chi connectivity index (χ2n) is 7.78. The minimum Gasteiger partial charge on any atom is -0.453 e. The number of carbonyl (C=O) groups is 4. The zero-order valence-electron chi connectivity index (χ0n) is 18.1. The minimum absolute atomic E-state index is 0.00574. The van der Waals surface area contributed by atoms with Gasteiger partial charge in [-0.3, -0.25) is 19.2 Å².